The Bertz CT molecular complexity index is 997. The van der Waals surface area contributed by atoms with E-state index in [0.717, 1.165) is 17.9 Å². The molecule has 3 aromatic rings. The minimum atomic E-state index is -1.96. The molecule has 0 spiro atoms. The van der Waals surface area contributed by atoms with E-state index in [4.69, 9.17) is 13.9 Å². The van der Waals surface area contributed by atoms with E-state index in [-0.39, 0.29) is 11.3 Å². The van der Waals surface area contributed by atoms with Crippen molar-refractivity contribution in [3.63, 3.8) is 0 Å². The van der Waals surface area contributed by atoms with Crippen molar-refractivity contribution in [3.8, 4) is 5.75 Å². The first-order chi connectivity index (χ1) is 13.7. The Morgan fingerprint density at radius 2 is 1.76 bits per heavy atom. The van der Waals surface area contributed by atoms with Crippen molar-refractivity contribution in [1.29, 1.82) is 0 Å². The van der Waals surface area contributed by atoms with E-state index in [1.54, 1.807) is 0 Å². The van der Waals surface area contributed by atoms with Crippen molar-refractivity contribution in [2.75, 3.05) is 13.2 Å². The molecule has 1 aliphatic rings. The van der Waals surface area contributed by atoms with Crippen LogP contribution in [0.25, 0.3) is 10.9 Å². The van der Waals surface area contributed by atoms with Gasteiger partial charge in [0.05, 0.1) is 13.2 Å². The monoisotopic (exact) mass is 409 g/mol. The first kappa shape index (κ1) is 20.2. The highest BCUT2D eigenvalue weighted by molar-refractivity contribution is 6.74. The lowest BCUT2D eigenvalue weighted by Gasteiger charge is -2.37. The van der Waals surface area contributed by atoms with Crippen LogP contribution in [-0.2, 0) is 16.0 Å². The molecule has 2 aromatic carbocycles. The molecule has 0 radical (unpaired) electrons. The molecule has 4 rings (SSSR count). The largest absolute Gasteiger partial charge is 0.543 e. The molecular weight excluding hydrogens is 378 g/mol. The van der Waals surface area contributed by atoms with E-state index in [1.807, 2.05) is 0 Å². The summed E-state index contributed by atoms with van der Waals surface area (Å²) in [6.45, 7) is 13.4. The fourth-order valence-electron chi connectivity index (χ4n) is 3.41. The molecule has 0 unspecified atom stereocenters. The third kappa shape index (κ3) is 4.13. The van der Waals surface area contributed by atoms with Gasteiger partial charge in [0.2, 0.25) is 8.32 Å². The standard InChI is InChI=1S/C24H31NO3Si/c1-24(2,3)29(4,5)28-22-11-10-18(16-20(22)23-26-14-15-27-23)17-25-13-12-19-8-6-7-9-21(19)25/h6-13,16,23H,14-15,17H2,1-5H3. The Kier molecular flexibility index (Phi) is 5.32. The van der Waals surface area contributed by atoms with Crippen LogP contribution in [0.5, 0.6) is 5.75 Å². The van der Waals surface area contributed by atoms with Crippen LogP contribution in [0.2, 0.25) is 18.1 Å². The fourth-order valence-corrected chi connectivity index (χ4v) is 4.46. The van der Waals surface area contributed by atoms with Crippen LogP contribution < -0.4 is 4.43 Å². The summed E-state index contributed by atoms with van der Waals surface area (Å²) >= 11 is 0. The molecule has 4 nitrogen and oxygen atoms in total. The molecule has 0 N–H and O–H groups in total. The number of benzene rings is 2. The lowest BCUT2D eigenvalue weighted by atomic mass is 10.1. The van der Waals surface area contributed by atoms with Gasteiger partial charge in [-0.25, -0.2) is 0 Å². The summed E-state index contributed by atoms with van der Waals surface area (Å²) in [6, 6.07) is 17.1. The number of ether oxygens (including phenoxy) is 2. The van der Waals surface area contributed by atoms with Crippen LogP contribution in [0.4, 0.5) is 0 Å². The molecule has 29 heavy (non-hydrogen) atoms. The third-order valence-corrected chi connectivity index (χ3v) is 10.5. The van der Waals surface area contributed by atoms with E-state index in [9.17, 15) is 0 Å². The van der Waals surface area contributed by atoms with Gasteiger partial charge in [0.1, 0.15) is 5.75 Å². The summed E-state index contributed by atoms with van der Waals surface area (Å²) in [7, 11) is -1.96. The first-order valence-corrected chi connectivity index (χ1v) is 13.2. The summed E-state index contributed by atoms with van der Waals surface area (Å²) in [4.78, 5) is 0. The first-order valence-electron chi connectivity index (χ1n) is 10.3. The fraction of sp³-hybridized carbons (Fsp3) is 0.417. The Balaban J connectivity index is 1.67. The molecule has 0 amide bonds. The van der Waals surface area contributed by atoms with Crippen LogP contribution in [-0.4, -0.2) is 26.1 Å². The predicted octanol–water partition coefficient (Wildman–Crippen LogP) is 6.12. The minimum Gasteiger partial charge on any atom is -0.543 e. The number of nitrogens with zero attached hydrogens (tertiary/aromatic N) is 1. The highest BCUT2D eigenvalue weighted by atomic mass is 28.4. The molecule has 5 heteroatoms. The van der Waals surface area contributed by atoms with Crippen LogP contribution in [0.1, 0.15) is 38.2 Å². The summed E-state index contributed by atoms with van der Waals surface area (Å²) in [5.74, 6) is 0.893. The second-order valence-electron chi connectivity index (χ2n) is 9.31. The number of rotatable bonds is 5. The number of para-hydroxylation sites is 1. The molecule has 1 aliphatic heterocycles. The van der Waals surface area contributed by atoms with Gasteiger partial charge in [0.15, 0.2) is 6.29 Å². The zero-order valence-electron chi connectivity index (χ0n) is 18.1. The second-order valence-corrected chi connectivity index (χ2v) is 14.0. The van der Waals surface area contributed by atoms with Crippen molar-refractivity contribution in [2.24, 2.45) is 0 Å². The highest BCUT2D eigenvalue weighted by Crippen LogP contribution is 2.40. The molecular formula is C24H31NO3Si. The number of aromatic nitrogens is 1. The van der Waals surface area contributed by atoms with Gasteiger partial charge in [-0.2, -0.15) is 0 Å². The Hall–Kier alpha value is -2.08. The number of hydrogen-bond donors (Lipinski definition) is 0. The van der Waals surface area contributed by atoms with Gasteiger partial charge < -0.3 is 18.5 Å². The van der Waals surface area contributed by atoms with Gasteiger partial charge in [-0.05, 0) is 53.3 Å². The highest BCUT2D eigenvalue weighted by Gasteiger charge is 2.40. The summed E-state index contributed by atoms with van der Waals surface area (Å²) < 4.78 is 20.6. The van der Waals surface area contributed by atoms with E-state index < -0.39 is 8.32 Å². The molecule has 154 valence electrons. The van der Waals surface area contributed by atoms with Gasteiger partial charge in [0, 0.05) is 23.8 Å². The second kappa shape index (κ2) is 7.63. The van der Waals surface area contributed by atoms with Crippen molar-refractivity contribution in [3.05, 3.63) is 65.9 Å². The summed E-state index contributed by atoms with van der Waals surface area (Å²) in [5, 5.41) is 1.39. The van der Waals surface area contributed by atoms with Crippen molar-refractivity contribution in [2.45, 2.75) is 51.7 Å². The average Bonchev–Trinajstić information content (AvgIpc) is 3.32. The van der Waals surface area contributed by atoms with E-state index in [0.29, 0.717) is 13.2 Å². The molecule has 1 saturated heterocycles. The van der Waals surface area contributed by atoms with Gasteiger partial charge >= 0.3 is 0 Å². The number of hydrogen-bond acceptors (Lipinski definition) is 3. The Morgan fingerprint density at radius 3 is 2.48 bits per heavy atom. The van der Waals surface area contributed by atoms with Gasteiger partial charge in [-0.15, -0.1) is 0 Å². The van der Waals surface area contributed by atoms with E-state index >= 15 is 0 Å². The van der Waals surface area contributed by atoms with Gasteiger partial charge in [0.25, 0.3) is 0 Å². The average molecular weight is 410 g/mol. The zero-order chi connectivity index (χ0) is 20.6. The SMILES string of the molecule is CC(C)(C)[Si](C)(C)Oc1ccc(Cn2ccc3ccccc32)cc1C1OCCO1. The van der Waals surface area contributed by atoms with Crippen molar-refractivity contribution < 1.29 is 13.9 Å². The smallest absolute Gasteiger partial charge is 0.250 e. The minimum absolute atomic E-state index is 0.129. The number of fused-ring (bicyclic) bond motifs is 1. The van der Waals surface area contributed by atoms with Crippen molar-refractivity contribution >= 4 is 19.2 Å². The Morgan fingerprint density at radius 1 is 1.03 bits per heavy atom. The molecule has 2 heterocycles. The van der Waals surface area contributed by atoms with Gasteiger partial charge in [-0.1, -0.05) is 45.0 Å². The zero-order valence-corrected chi connectivity index (χ0v) is 19.1. The Labute approximate surface area is 174 Å². The van der Waals surface area contributed by atoms with E-state index in [2.05, 4.69) is 93.2 Å². The molecule has 1 fully saturated rings. The topological polar surface area (TPSA) is 32.6 Å². The quantitative estimate of drug-likeness (QED) is 0.476. The van der Waals surface area contributed by atoms with Crippen LogP contribution in [0.15, 0.2) is 54.7 Å². The molecule has 0 bridgehead atoms. The summed E-state index contributed by atoms with van der Waals surface area (Å²) in [6.07, 6.45) is 1.79. The lowest BCUT2D eigenvalue weighted by Crippen LogP contribution is -2.44. The lowest BCUT2D eigenvalue weighted by molar-refractivity contribution is -0.0451. The molecule has 0 aliphatic carbocycles. The van der Waals surface area contributed by atoms with Crippen molar-refractivity contribution in [1.82, 2.24) is 4.57 Å². The maximum Gasteiger partial charge on any atom is 0.250 e. The molecule has 1 aromatic heterocycles. The van der Waals surface area contributed by atoms with Crippen LogP contribution >= 0.6 is 0 Å². The van der Waals surface area contributed by atoms with E-state index in [1.165, 1.54) is 16.5 Å². The van der Waals surface area contributed by atoms with Gasteiger partial charge in [-0.3, -0.25) is 0 Å². The van der Waals surface area contributed by atoms with Crippen LogP contribution in [0.3, 0.4) is 0 Å². The molecule has 0 atom stereocenters. The van der Waals surface area contributed by atoms with Crippen LogP contribution in [0, 0.1) is 0 Å². The maximum atomic E-state index is 6.64. The predicted molar refractivity (Wildman–Crippen MR) is 120 cm³/mol. The summed E-state index contributed by atoms with van der Waals surface area (Å²) in [5.41, 5.74) is 3.45. The maximum absolute atomic E-state index is 6.64. The third-order valence-electron chi connectivity index (χ3n) is 6.15. The molecule has 0 saturated carbocycles. The normalized spacial score (nSPS) is 15.9.